The fourth-order valence-electron chi connectivity index (χ4n) is 0.331. The van der Waals surface area contributed by atoms with Crippen molar-refractivity contribution in [2.75, 3.05) is 0 Å². The molecule has 0 aliphatic carbocycles. The number of hydrogen-bond donors (Lipinski definition) is 0. The van der Waals surface area contributed by atoms with Crippen LogP contribution in [0.5, 0.6) is 0 Å². The summed E-state index contributed by atoms with van der Waals surface area (Å²) in [6.45, 7) is 9.53. The molecule has 0 saturated carbocycles. The first-order chi connectivity index (χ1) is 4.18. The third-order valence-electron chi connectivity index (χ3n) is 1.22. The van der Waals surface area contributed by atoms with Gasteiger partial charge in [-0.3, -0.25) is 4.99 Å². The van der Waals surface area contributed by atoms with Gasteiger partial charge in [0.2, 0.25) is 0 Å². The summed E-state index contributed by atoms with van der Waals surface area (Å²) < 4.78 is 0. The van der Waals surface area contributed by atoms with E-state index < -0.39 is 0 Å². The molecule has 0 atom stereocenters. The SMILES string of the molecule is C=N/C=C\C(C)=C(C)C. The van der Waals surface area contributed by atoms with E-state index in [1.54, 1.807) is 6.20 Å². The average Bonchev–Trinajstić information content (AvgIpc) is 1.82. The lowest BCUT2D eigenvalue weighted by Gasteiger charge is -1.91. The van der Waals surface area contributed by atoms with E-state index >= 15 is 0 Å². The van der Waals surface area contributed by atoms with Crippen LogP contribution in [0.2, 0.25) is 0 Å². The maximum atomic E-state index is 3.59. The second kappa shape index (κ2) is 4.07. The Kier molecular flexibility index (Phi) is 3.69. The fraction of sp³-hybridized carbons (Fsp3) is 0.375. The lowest BCUT2D eigenvalue weighted by Crippen LogP contribution is -1.71. The van der Waals surface area contributed by atoms with Crippen LogP contribution in [0.1, 0.15) is 20.8 Å². The molecule has 0 bridgehead atoms. The van der Waals surface area contributed by atoms with E-state index in [1.165, 1.54) is 11.1 Å². The van der Waals surface area contributed by atoms with Crippen LogP contribution in [0.25, 0.3) is 0 Å². The van der Waals surface area contributed by atoms with E-state index in [2.05, 4.69) is 32.5 Å². The normalized spacial score (nSPS) is 9.67. The second-order valence-electron chi connectivity index (χ2n) is 2.18. The van der Waals surface area contributed by atoms with Crippen molar-refractivity contribution in [3.8, 4) is 0 Å². The van der Waals surface area contributed by atoms with Gasteiger partial charge in [-0.05, 0) is 33.6 Å². The summed E-state index contributed by atoms with van der Waals surface area (Å²) in [7, 11) is 0. The Bertz CT molecular complexity index is 148. The summed E-state index contributed by atoms with van der Waals surface area (Å²) >= 11 is 0. The zero-order valence-corrected chi connectivity index (χ0v) is 6.31. The summed E-state index contributed by atoms with van der Waals surface area (Å²) in [6, 6.07) is 0. The molecule has 0 aromatic rings. The number of hydrogen-bond acceptors (Lipinski definition) is 1. The van der Waals surface area contributed by atoms with Crippen molar-refractivity contribution in [2.24, 2.45) is 4.99 Å². The molecule has 0 amide bonds. The van der Waals surface area contributed by atoms with Gasteiger partial charge in [-0.25, -0.2) is 0 Å². The molecule has 0 heterocycles. The number of nitrogens with zero attached hydrogens (tertiary/aromatic N) is 1. The van der Waals surface area contributed by atoms with Crippen molar-refractivity contribution in [1.29, 1.82) is 0 Å². The van der Waals surface area contributed by atoms with Crippen LogP contribution in [-0.2, 0) is 0 Å². The quantitative estimate of drug-likeness (QED) is 0.395. The molecule has 0 N–H and O–H groups in total. The molecule has 0 aliphatic rings. The standard InChI is InChI=1S/C8H13N/c1-7(2)8(3)5-6-9-4/h5-6H,4H2,1-3H3/b6-5-. The minimum atomic E-state index is 1.25. The Balaban J connectivity index is 4.06. The fourth-order valence-corrected chi connectivity index (χ4v) is 0.331. The first kappa shape index (κ1) is 8.15. The predicted octanol–water partition coefficient (Wildman–Crippen LogP) is 2.56. The Morgan fingerprint density at radius 2 is 1.89 bits per heavy atom. The molecule has 9 heavy (non-hydrogen) atoms. The topological polar surface area (TPSA) is 12.4 Å². The van der Waals surface area contributed by atoms with Crippen LogP contribution in [0.4, 0.5) is 0 Å². The van der Waals surface area contributed by atoms with Gasteiger partial charge >= 0.3 is 0 Å². The monoisotopic (exact) mass is 123 g/mol. The number of aliphatic imine (C=N–C) groups is 1. The first-order valence-corrected chi connectivity index (χ1v) is 2.95. The van der Waals surface area contributed by atoms with Crippen LogP contribution < -0.4 is 0 Å². The van der Waals surface area contributed by atoms with E-state index in [1.807, 2.05) is 6.08 Å². The van der Waals surface area contributed by atoms with E-state index in [-0.39, 0.29) is 0 Å². The van der Waals surface area contributed by atoms with Gasteiger partial charge in [-0.1, -0.05) is 11.1 Å². The smallest absolute Gasteiger partial charge is 0.0263 e. The van der Waals surface area contributed by atoms with Gasteiger partial charge in [-0.2, -0.15) is 0 Å². The largest absolute Gasteiger partial charge is 0.273 e. The van der Waals surface area contributed by atoms with Crippen LogP contribution in [0.15, 0.2) is 28.4 Å². The van der Waals surface area contributed by atoms with E-state index in [0.29, 0.717) is 0 Å². The molecule has 1 heteroatoms. The lowest BCUT2D eigenvalue weighted by molar-refractivity contribution is 1.29. The first-order valence-electron chi connectivity index (χ1n) is 2.95. The number of rotatable bonds is 2. The molecule has 0 radical (unpaired) electrons. The molecule has 0 saturated heterocycles. The van der Waals surface area contributed by atoms with Gasteiger partial charge in [0.05, 0.1) is 0 Å². The average molecular weight is 123 g/mol. The Labute approximate surface area is 56.8 Å². The van der Waals surface area contributed by atoms with E-state index in [4.69, 9.17) is 0 Å². The van der Waals surface area contributed by atoms with E-state index in [9.17, 15) is 0 Å². The maximum absolute atomic E-state index is 3.59. The zero-order valence-electron chi connectivity index (χ0n) is 6.31. The highest BCUT2D eigenvalue weighted by Crippen LogP contribution is 2.02. The molecule has 50 valence electrons. The molecule has 0 unspecified atom stereocenters. The molecule has 0 aromatic carbocycles. The van der Waals surface area contributed by atoms with Gasteiger partial charge in [0.25, 0.3) is 0 Å². The molecule has 0 aromatic heterocycles. The third kappa shape index (κ3) is 3.71. The van der Waals surface area contributed by atoms with Crippen molar-refractivity contribution in [2.45, 2.75) is 20.8 Å². The summed E-state index contributed by atoms with van der Waals surface area (Å²) in [6.07, 6.45) is 3.64. The summed E-state index contributed by atoms with van der Waals surface area (Å²) in [4.78, 5) is 3.59. The molecular weight excluding hydrogens is 110 g/mol. The molecule has 0 spiro atoms. The van der Waals surface area contributed by atoms with Gasteiger partial charge in [0, 0.05) is 6.20 Å². The van der Waals surface area contributed by atoms with Gasteiger partial charge in [-0.15, -0.1) is 0 Å². The Morgan fingerprint density at radius 3 is 2.22 bits per heavy atom. The molecular formula is C8H13N. The molecule has 0 fully saturated rings. The third-order valence-corrected chi connectivity index (χ3v) is 1.22. The predicted molar refractivity (Wildman–Crippen MR) is 42.7 cm³/mol. The maximum Gasteiger partial charge on any atom is 0.0263 e. The van der Waals surface area contributed by atoms with Crippen molar-refractivity contribution in [3.05, 3.63) is 23.4 Å². The van der Waals surface area contributed by atoms with Crippen LogP contribution >= 0.6 is 0 Å². The Morgan fingerprint density at radius 1 is 1.33 bits per heavy atom. The van der Waals surface area contributed by atoms with Crippen molar-refractivity contribution in [3.63, 3.8) is 0 Å². The van der Waals surface area contributed by atoms with Crippen molar-refractivity contribution < 1.29 is 0 Å². The minimum absolute atomic E-state index is 1.25. The van der Waals surface area contributed by atoms with Crippen molar-refractivity contribution >= 4 is 6.72 Å². The van der Waals surface area contributed by atoms with Gasteiger partial charge in [0.15, 0.2) is 0 Å². The summed E-state index contributed by atoms with van der Waals surface area (Å²) in [5.41, 5.74) is 2.57. The van der Waals surface area contributed by atoms with E-state index in [0.717, 1.165) is 0 Å². The number of allylic oxidation sites excluding steroid dienone is 3. The summed E-state index contributed by atoms with van der Waals surface area (Å²) in [5.74, 6) is 0. The minimum Gasteiger partial charge on any atom is -0.273 e. The highest BCUT2D eigenvalue weighted by Gasteiger charge is 1.81. The second-order valence-corrected chi connectivity index (χ2v) is 2.18. The summed E-state index contributed by atoms with van der Waals surface area (Å²) in [5, 5.41) is 0. The van der Waals surface area contributed by atoms with Gasteiger partial charge in [0.1, 0.15) is 0 Å². The highest BCUT2D eigenvalue weighted by molar-refractivity contribution is 5.28. The van der Waals surface area contributed by atoms with Crippen LogP contribution in [0, 0.1) is 0 Å². The van der Waals surface area contributed by atoms with Crippen LogP contribution in [0.3, 0.4) is 0 Å². The molecule has 0 aliphatic heterocycles. The lowest BCUT2D eigenvalue weighted by atomic mass is 10.2. The molecule has 0 rings (SSSR count). The van der Waals surface area contributed by atoms with Gasteiger partial charge < -0.3 is 0 Å². The zero-order chi connectivity index (χ0) is 7.28. The molecule has 1 nitrogen and oxygen atoms in total. The highest BCUT2D eigenvalue weighted by atomic mass is 14.6. The van der Waals surface area contributed by atoms with Crippen molar-refractivity contribution in [1.82, 2.24) is 0 Å². The van der Waals surface area contributed by atoms with Crippen LogP contribution in [-0.4, -0.2) is 6.72 Å². The Hall–Kier alpha value is -0.850.